The smallest absolute Gasteiger partial charge is 0.327 e. The predicted octanol–water partition coefficient (Wildman–Crippen LogP) is 1.91. The van der Waals surface area contributed by atoms with Crippen molar-refractivity contribution < 1.29 is 27.2 Å². The number of nitro groups is 1. The average Bonchev–Trinajstić information content (AvgIpc) is 2.18. The molecule has 0 aliphatic carbocycles. The molecule has 0 bridgehead atoms. The molecule has 0 amide bonds. The number of nitrogens with zero attached hydrogens (tertiary/aromatic N) is 2. The van der Waals surface area contributed by atoms with Gasteiger partial charge in [0.15, 0.2) is 12.4 Å². The van der Waals surface area contributed by atoms with Gasteiger partial charge in [-0.25, -0.2) is 13.2 Å². The van der Waals surface area contributed by atoms with Crippen LogP contribution in [0.5, 0.6) is 5.88 Å². The number of alkyl halides is 2. The Bertz CT molecular complexity index is 413. The molecule has 0 saturated heterocycles. The van der Waals surface area contributed by atoms with E-state index < -0.39 is 41.3 Å². The molecule has 5 nitrogen and oxygen atoms in total. The Hall–Kier alpha value is -1.93. The lowest BCUT2D eigenvalue weighted by molar-refractivity contribution is -0.388. The van der Waals surface area contributed by atoms with Gasteiger partial charge in [-0.1, -0.05) is 0 Å². The highest BCUT2D eigenvalue weighted by Gasteiger charge is 2.21. The second kappa shape index (κ2) is 4.73. The first kappa shape index (κ1) is 12.1. The SMILES string of the molecule is O=[N+]([O-])c1cc(F)c(OCC(F)F)nc1F. The quantitative estimate of drug-likeness (QED) is 0.349. The number of rotatable bonds is 4. The van der Waals surface area contributed by atoms with E-state index in [4.69, 9.17) is 0 Å². The zero-order chi connectivity index (χ0) is 12.3. The van der Waals surface area contributed by atoms with Crippen LogP contribution in [-0.4, -0.2) is 22.9 Å². The summed E-state index contributed by atoms with van der Waals surface area (Å²) in [6, 6.07) is 0.211. The zero-order valence-electron chi connectivity index (χ0n) is 7.49. The normalized spacial score (nSPS) is 10.6. The van der Waals surface area contributed by atoms with Crippen LogP contribution in [0.15, 0.2) is 6.07 Å². The molecule has 1 aromatic heterocycles. The molecule has 1 heterocycles. The van der Waals surface area contributed by atoms with Crippen molar-refractivity contribution in [2.24, 2.45) is 0 Å². The minimum absolute atomic E-state index is 0.211. The van der Waals surface area contributed by atoms with Crippen molar-refractivity contribution in [1.29, 1.82) is 0 Å². The van der Waals surface area contributed by atoms with Gasteiger partial charge in [-0.05, 0) is 0 Å². The number of ether oxygens (including phenoxy) is 1. The molecule has 1 aromatic rings. The largest absolute Gasteiger partial charge is 0.469 e. The lowest BCUT2D eigenvalue weighted by Crippen LogP contribution is -2.10. The number of hydrogen-bond donors (Lipinski definition) is 0. The molecule has 0 saturated carbocycles. The van der Waals surface area contributed by atoms with Crippen LogP contribution in [0.4, 0.5) is 23.2 Å². The van der Waals surface area contributed by atoms with Crippen molar-refractivity contribution in [3.63, 3.8) is 0 Å². The van der Waals surface area contributed by atoms with Gasteiger partial charge in [0.05, 0.1) is 11.0 Å². The summed E-state index contributed by atoms with van der Waals surface area (Å²) in [4.78, 5) is 11.7. The van der Waals surface area contributed by atoms with Crippen molar-refractivity contribution in [1.82, 2.24) is 4.98 Å². The van der Waals surface area contributed by atoms with Crippen molar-refractivity contribution >= 4 is 5.69 Å². The third-order valence-electron chi connectivity index (χ3n) is 1.42. The van der Waals surface area contributed by atoms with Crippen LogP contribution in [-0.2, 0) is 0 Å². The summed E-state index contributed by atoms with van der Waals surface area (Å²) in [5.41, 5.74) is -1.19. The average molecular weight is 240 g/mol. The van der Waals surface area contributed by atoms with Crippen molar-refractivity contribution in [3.8, 4) is 5.88 Å². The van der Waals surface area contributed by atoms with Gasteiger partial charge in [0.1, 0.15) is 0 Å². The highest BCUT2D eigenvalue weighted by Crippen LogP contribution is 2.22. The van der Waals surface area contributed by atoms with Crippen molar-refractivity contribution in [3.05, 3.63) is 27.9 Å². The van der Waals surface area contributed by atoms with Gasteiger partial charge in [0, 0.05) is 0 Å². The van der Waals surface area contributed by atoms with Crippen LogP contribution in [0.3, 0.4) is 0 Å². The fraction of sp³-hybridized carbons (Fsp3) is 0.286. The van der Waals surface area contributed by atoms with Crippen LogP contribution >= 0.6 is 0 Å². The van der Waals surface area contributed by atoms with Crippen LogP contribution < -0.4 is 4.74 Å². The molecule has 0 aliphatic rings. The van der Waals surface area contributed by atoms with Crippen LogP contribution in [0.25, 0.3) is 0 Å². The summed E-state index contributed by atoms with van der Waals surface area (Å²) < 4.78 is 53.2. The van der Waals surface area contributed by atoms with Gasteiger partial charge in [-0.15, -0.1) is 0 Å². The van der Waals surface area contributed by atoms with E-state index in [1.54, 1.807) is 0 Å². The minimum atomic E-state index is -2.89. The number of aromatic nitrogens is 1. The first-order chi connectivity index (χ1) is 7.41. The summed E-state index contributed by atoms with van der Waals surface area (Å²) in [6.45, 7) is -1.18. The van der Waals surface area contributed by atoms with E-state index in [-0.39, 0.29) is 6.07 Å². The molecule has 1 rings (SSSR count). The molecular formula is C7H4F4N2O3. The highest BCUT2D eigenvalue weighted by atomic mass is 19.3. The van der Waals surface area contributed by atoms with Gasteiger partial charge in [-0.2, -0.15) is 9.37 Å². The maximum atomic E-state index is 12.9. The molecular weight excluding hydrogens is 236 g/mol. The minimum Gasteiger partial charge on any atom is -0.469 e. The number of halogens is 4. The van der Waals surface area contributed by atoms with Crippen LogP contribution in [0.2, 0.25) is 0 Å². The Balaban J connectivity index is 2.96. The molecule has 9 heteroatoms. The van der Waals surface area contributed by atoms with E-state index in [2.05, 4.69) is 9.72 Å². The Kier molecular flexibility index (Phi) is 3.59. The van der Waals surface area contributed by atoms with Crippen LogP contribution in [0.1, 0.15) is 0 Å². The third-order valence-corrected chi connectivity index (χ3v) is 1.42. The Labute approximate surface area is 85.8 Å². The van der Waals surface area contributed by atoms with Gasteiger partial charge in [0.2, 0.25) is 0 Å². The fourth-order valence-corrected chi connectivity index (χ4v) is 0.812. The highest BCUT2D eigenvalue weighted by molar-refractivity contribution is 5.32. The molecule has 16 heavy (non-hydrogen) atoms. The number of pyridine rings is 1. The topological polar surface area (TPSA) is 65.3 Å². The first-order valence-corrected chi connectivity index (χ1v) is 3.83. The summed E-state index contributed by atoms with van der Waals surface area (Å²) in [6.07, 6.45) is -2.89. The van der Waals surface area contributed by atoms with Crippen molar-refractivity contribution in [2.75, 3.05) is 6.61 Å². The monoisotopic (exact) mass is 240 g/mol. The van der Waals surface area contributed by atoms with Gasteiger partial charge >= 0.3 is 5.69 Å². The summed E-state index contributed by atoms with van der Waals surface area (Å²) in [7, 11) is 0. The maximum Gasteiger partial charge on any atom is 0.327 e. The second-order valence-electron chi connectivity index (χ2n) is 2.54. The fourth-order valence-electron chi connectivity index (χ4n) is 0.812. The molecule has 0 unspecified atom stereocenters. The van der Waals surface area contributed by atoms with Gasteiger partial charge in [-0.3, -0.25) is 10.1 Å². The van der Waals surface area contributed by atoms with E-state index >= 15 is 0 Å². The lowest BCUT2D eigenvalue weighted by Gasteiger charge is -2.05. The number of hydrogen-bond acceptors (Lipinski definition) is 4. The summed E-state index contributed by atoms with van der Waals surface area (Å²) in [5.74, 6) is -4.02. The predicted molar refractivity (Wildman–Crippen MR) is 42.3 cm³/mol. The van der Waals surface area contributed by atoms with E-state index in [9.17, 15) is 27.7 Å². The molecule has 0 spiro atoms. The maximum absolute atomic E-state index is 12.9. The van der Waals surface area contributed by atoms with Gasteiger partial charge in [0.25, 0.3) is 18.3 Å². The second-order valence-corrected chi connectivity index (χ2v) is 2.54. The molecule has 88 valence electrons. The first-order valence-electron chi connectivity index (χ1n) is 3.83. The molecule has 0 fully saturated rings. The van der Waals surface area contributed by atoms with E-state index in [0.29, 0.717) is 0 Å². The van der Waals surface area contributed by atoms with Crippen molar-refractivity contribution in [2.45, 2.75) is 6.43 Å². The van der Waals surface area contributed by atoms with E-state index in [1.165, 1.54) is 0 Å². The molecule has 0 atom stereocenters. The van der Waals surface area contributed by atoms with E-state index in [1.807, 2.05) is 0 Å². The lowest BCUT2D eigenvalue weighted by atomic mass is 10.4. The molecule has 0 radical (unpaired) electrons. The van der Waals surface area contributed by atoms with Gasteiger partial charge < -0.3 is 4.74 Å². The summed E-state index contributed by atoms with van der Waals surface area (Å²) in [5, 5.41) is 10.1. The molecule has 0 N–H and O–H groups in total. The zero-order valence-corrected chi connectivity index (χ0v) is 7.49. The molecule has 0 aromatic carbocycles. The Morgan fingerprint density at radius 2 is 2.12 bits per heavy atom. The third kappa shape index (κ3) is 2.78. The van der Waals surface area contributed by atoms with Crippen LogP contribution in [0, 0.1) is 21.9 Å². The molecule has 0 aliphatic heterocycles. The standard InChI is InChI=1S/C7H4F4N2O3/c8-3-1-4(13(14)15)6(11)12-7(3)16-2-5(9)10/h1,5H,2H2. The summed E-state index contributed by atoms with van der Waals surface area (Å²) >= 11 is 0. The van der Waals surface area contributed by atoms with E-state index in [0.717, 1.165) is 0 Å². The Morgan fingerprint density at radius 3 is 2.62 bits per heavy atom. The Morgan fingerprint density at radius 1 is 1.50 bits per heavy atom.